The maximum atomic E-state index is 11.8. The van der Waals surface area contributed by atoms with Gasteiger partial charge >= 0.3 is 0 Å². The van der Waals surface area contributed by atoms with Crippen molar-refractivity contribution in [1.29, 1.82) is 0 Å². The molecular formula is C14H28N2O2. The molecule has 1 rings (SSSR count). The lowest BCUT2D eigenvalue weighted by atomic mass is 9.94. The second-order valence-electron chi connectivity index (χ2n) is 5.61. The molecule has 0 radical (unpaired) electrons. The number of rotatable bonds is 6. The summed E-state index contributed by atoms with van der Waals surface area (Å²) in [5, 5.41) is 13.2. The molecule has 1 fully saturated rings. The fraction of sp³-hybridized carbons (Fsp3) is 0.929. The van der Waals surface area contributed by atoms with E-state index in [0.29, 0.717) is 6.54 Å². The van der Waals surface area contributed by atoms with E-state index in [0.717, 1.165) is 44.9 Å². The van der Waals surface area contributed by atoms with Crippen molar-refractivity contribution in [3.05, 3.63) is 0 Å². The molecule has 0 aliphatic heterocycles. The Balaban J connectivity index is 2.31. The Labute approximate surface area is 110 Å². The van der Waals surface area contributed by atoms with Crippen molar-refractivity contribution >= 4 is 5.91 Å². The van der Waals surface area contributed by atoms with Crippen LogP contribution in [0.5, 0.6) is 0 Å². The van der Waals surface area contributed by atoms with Gasteiger partial charge in [-0.1, -0.05) is 45.4 Å². The number of unbranched alkanes of at least 4 members (excludes halogenated alkanes) is 1. The third-order valence-corrected chi connectivity index (χ3v) is 3.83. The van der Waals surface area contributed by atoms with Gasteiger partial charge in [-0.3, -0.25) is 4.79 Å². The van der Waals surface area contributed by atoms with Crippen LogP contribution in [0.15, 0.2) is 0 Å². The molecule has 1 amide bonds. The first-order valence-corrected chi connectivity index (χ1v) is 7.33. The van der Waals surface area contributed by atoms with Gasteiger partial charge in [-0.05, 0) is 19.3 Å². The minimum absolute atomic E-state index is 0.124. The molecule has 4 nitrogen and oxygen atoms in total. The number of carbonyl (C=O) groups is 1. The zero-order valence-electron chi connectivity index (χ0n) is 11.6. The Morgan fingerprint density at radius 1 is 1.33 bits per heavy atom. The first-order valence-electron chi connectivity index (χ1n) is 7.33. The Morgan fingerprint density at radius 3 is 2.50 bits per heavy atom. The van der Waals surface area contributed by atoms with Gasteiger partial charge < -0.3 is 16.2 Å². The van der Waals surface area contributed by atoms with Crippen LogP contribution in [0.1, 0.15) is 64.7 Å². The monoisotopic (exact) mass is 256 g/mol. The lowest BCUT2D eigenvalue weighted by Crippen LogP contribution is -2.48. The fourth-order valence-electron chi connectivity index (χ4n) is 2.50. The van der Waals surface area contributed by atoms with E-state index in [2.05, 4.69) is 12.2 Å². The maximum Gasteiger partial charge on any atom is 0.237 e. The normalized spacial score (nSPS) is 21.1. The molecule has 4 heteroatoms. The van der Waals surface area contributed by atoms with Gasteiger partial charge in [0, 0.05) is 6.54 Å². The molecule has 18 heavy (non-hydrogen) atoms. The third-order valence-electron chi connectivity index (χ3n) is 3.83. The molecular weight excluding hydrogens is 228 g/mol. The fourth-order valence-corrected chi connectivity index (χ4v) is 2.50. The first-order chi connectivity index (χ1) is 8.57. The van der Waals surface area contributed by atoms with E-state index in [1.165, 1.54) is 12.8 Å². The molecule has 1 aliphatic carbocycles. The molecule has 0 spiro atoms. The minimum atomic E-state index is -0.712. The van der Waals surface area contributed by atoms with Gasteiger partial charge in [0.25, 0.3) is 0 Å². The van der Waals surface area contributed by atoms with Crippen LogP contribution in [0.3, 0.4) is 0 Å². The Kier molecular flexibility index (Phi) is 6.65. The van der Waals surface area contributed by atoms with Crippen LogP contribution in [0, 0.1) is 0 Å². The van der Waals surface area contributed by atoms with Gasteiger partial charge in [0.15, 0.2) is 0 Å². The highest BCUT2D eigenvalue weighted by Crippen LogP contribution is 2.26. The molecule has 1 unspecified atom stereocenters. The average molecular weight is 256 g/mol. The quantitative estimate of drug-likeness (QED) is 0.633. The number of hydrogen-bond donors (Lipinski definition) is 3. The number of amides is 1. The van der Waals surface area contributed by atoms with Crippen molar-refractivity contribution in [2.24, 2.45) is 5.73 Å². The summed E-state index contributed by atoms with van der Waals surface area (Å²) in [5.74, 6) is -0.124. The van der Waals surface area contributed by atoms with Crippen molar-refractivity contribution < 1.29 is 9.90 Å². The number of hydrogen-bond acceptors (Lipinski definition) is 3. The molecule has 1 saturated carbocycles. The van der Waals surface area contributed by atoms with Crippen LogP contribution in [-0.2, 0) is 4.79 Å². The summed E-state index contributed by atoms with van der Waals surface area (Å²) in [6.45, 7) is 2.44. The van der Waals surface area contributed by atoms with Gasteiger partial charge in [-0.15, -0.1) is 0 Å². The van der Waals surface area contributed by atoms with Gasteiger partial charge in [-0.2, -0.15) is 0 Å². The maximum absolute atomic E-state index is 11.8. The Morgan fingerprint density at radius 2 is 1.94 bits per heavy atom. The van der Waals surface area contributed by atoms with Gasteiger partial charge in [0.05, 0.1) is 11.6 Å². The first kappa shape index (κ1) is 15.4. The highest BCUT2D eigenvalue weighted by atomic mass is 16.3. The predicted octanol–water partition coefficient (Wildman–Crippen LogP) is 1.71. The molecule has 1 atom stereocenters. The van der Waals surface area contributed by atoms with E-state index in [-0.39, 0.29) is 5.91 Å². The molecule has 106 valence electrons. The van der Waals surface area contributed by atoms with Gasteiger partial charge in [0.2, 0.25) is 5.91 Å². The number of aliphatic hydroxyl groups is 1. The third kappa shape index (κ3) is 5.36. The smallest absolute Gasteiger partial charge is 0.237 e. The highest BCUT2D eigenvalue weighted by Gasteiger charge is 2.28. The van der Waals surface area contributed by atoms with Crippen LogP contribution in [0.2, 0.25) is 0 Å². The molecule has 0 heterocycles. The van der Waals surface area contributed by atoms with E-state index >= 15 is 0 Å². The zero-order valence-corrected chi connectivity index (χ0v) is 11.6. The summed E-state index contributed by atoms with van der Waals surface area (Å²) >= 11 is 0. The average Bonchev–Trinajstić information content (AvgIpc) is 2.58. The summed E-state index contributed by atoms with van der Waals surface area (Å²) in [5.41, 5.74) is 5.09. The summed E-state index contributed by atoms with van der Waals surface area (Å²) in [4.78, 5) is 11.8. The van der Waals surface area contributed by atoms with Crippen LogP contribution in [-0.4, -0.2) is 29.2 Å². The number of nitrogens with one attached hydrogen (secondary N) is 1. The molecule has 4 N–H and O–H groups in total. The van der Waals surface area contributed by atoms with Gasteiger partial charge in [0.1, 0.15) is 0 Å². The summed E-state index contributed by atoms with van der Waals surface area (Å²) in [6.07, 6.45) is 8.79. The zero-order chi connectivity index (χ0) is 13.4. The molecule has 0 saturated heterocycles. The van der Waals surface area contributed by atoms with Crippen LogP contribution in [0.4, 0.5) is 0 Å². The minimum Gasteiger partial charge on any atom is -0.388 e. The standard InChI is InChI=1S/C14H28N2O2/c1-2-3-8-12(15)13(17)16-11-14(18)9-6-4-5-7-10-14/h12,18H,2-11,15H2,1H3,(H,16,17). The predicted molar refractivity (Wildman–Crippen MR) is 73.2 cm³/mol. The van der Waals surface area contributed by atoms with Crippen LogP contribution in [0.25, 0.3) is 0 Å². The van der Waals surface area contributed by atoms with E-state index in [1.807, 2.05) is 0 Å². The van der Waals surface area contributed by atoms with Crippen molar-refractivity contribution in [2.45, 2.75) is 76.4 Å². The van der Waals surface area contributed by atoms with Crippen molar-refractivity contribution in [3.63, 3.8) is 0 Å². The van der Waals surface area contributed by atoms with Gasteiger partial charge in [-0.25, -0.2) is 0 Å². The SMILES string of the molecule is CCCCC(N)C(=O)NCC1(O)CCCCCC1. The van der Waals surface area contributed by atoms with E-state index in [4.69, 9.17) is 5.73 Å². The molecule has 0 aromatic heterocycles. The van der Waals surface area contributed by atoms with E-state index in [1.54, 1.807) is 0 Å². The summed E-state index contributed by atoms with van der Waals surface area (Å²) in [6, 6.07) is -0.431. The van der Waals surface area contributed by atoms with E-state index in [9.17, 15) is 9.90 Å². The molecule has 0 aromatic carbocycles. The highest BCUT2D eigenvalue weighted by molar-refractivity contribution is 5.81. The van der Waals surface area contributed by atoms with Crippen LogP contribution < -0.4 is 11.1 Å². The number of carbonyl (C=O) groups excluding carboxylic acids is 1. The van der Waals surface area contributed by atoms with Crippen molar-refractivity contribution in [3.8, 4) is 0 Å². The largest absolute Gasteiger partial charge is 0.388 e. The van der Waals surface area contributed by atoms with E-state index < -0.39 is 11.6 Å². The van der Waals surface area contributed by atoms with Crippen molar-refractivity contribution in [1.82, 2.24) is 5.32 Å². The number of nitrogens with two attached hydrogens (primary N) is 1. The topological polar surface area (TPSA) is 75.4 Å². The molecule has 0 bridgehead atoms. The second kappa shape index (κ2) is 7.74. The summed E-state index contributed by atoms with van der Waals surface area (Å²) < 4.78 is 0. The Hall–Kier alpha value is -0.610. The Bertz CT molecular complexity index is 248. The summed E-state index contributed by atoms with van der Waals surface area (Å²) in [7, 11) is 0. The second-order valence-corrected chi connectivity index (χ2v) is 5.61. The molecule has 1 aliphatic rings. The lowest BCUT2D eigenvalue weighted by molar-refractivity contribution is -0.124. The van der Waals surface area contributed by atoms with Crippen molar-refractivity contribution in [2.75, 3.05) is 6.54 Å². The molecule has 0 aromatic rings. The lowest BCUT2D eigenvalue weighted by Gasteiger charge is -2.27. The van der Waals surface area contributed by atoms with Crippen LogP contribution >= 0.6 is 0 Å².